The Bertz CT molecular complexity index is 864. The maximum atomic E-state index is 12.0. The van der Waals surface area contributed by atoms with Crippen LogP contribution in [-0.2, 0) is 14.3 Å². The van der Waals surface area contributed by atoms with E-state index in [0.717, 1.165) is 11.1 Å². The van der Waals surface area contributed by atoms with Crippen LogP contribution in [0.15, 0.2) is 42.5 Å². The van der Waals surface area contributed by atoms with Crippen molar-refractivity contribution < 1.29 is 23.9 Å². The highest BCUT2D eigenvalue weighted by atomic mass is 16.6. The second kappa shape index (κ2) is 10.1. The van der Waals surface area contributed by atoms with Crippen LogP contribution in [0.4, 0.5) is 5.69 Å². The average Bonchev–Trinajstić information content (AvgIpc) is 2.67. The summed E-state index contributed by atoms with van der Waals surface area (Å²) in [4.78, 5) is 35.6. The number of rotatable bonds is 8. The second-order valence-electron chi connectivity index (χ2n) is 6.21. The summed E-state index contributed by atoms with van der Waals surface area (Å²) in [5.74, 6) is -0.780. The Morgan fingerprint density at radius 3 is 2.54 bits per heavy atom. The molecule has 0 bridgehead atoms. The molecule has 0 aliphatic rings. The van der Waals surface area contributed by atoms with E-state index in [0.29, 0.717) is 23.5 Å². The number of anilines is 1. The van der Waals surface area contributed by atoms with Gasteiger partial charge in [0.2, 0.25) is 0 Å². The van der Waals surface area contributed by atoms with Crippen LogP contribution >= 0.6 is 0 Å². The zero-order chi connectivity index (χ0) is 20.5. The Balaban J connectivity index is 1.80. The summed E-state index contributed by atoms with van der Waals surface area (Å²) in [5, 5.41) is 5.27. The molecule has 0 heterocycles. The molecule has 2 aromatic carbocycles. The molecule has 0 aliphatic heterocycles. The first-order valence-corrected chi connectivity index (χ1v) is 8.93. The molecule has 0 atom stereocenters. The number of amides is 2. The van der Waals surface area contributed by atoms with Gasteiger partial charge in [-0.05, 0) is 56.2 Å². The summed E-state index contributed by atoms with van der Waals surface area (Å²) in [6.07, 6.45) is 0. The Kier molecular flexibility index (Phi) is 7.56. The number of carbonyl (C=O) groups is 3. The van der Waals surface area contributed by atoms with Gasteiger partial charge < -0.3 is 20.1 Å². The quantitative estimate of drug-likeness (QED) is 0.683. The van der Waals surface area contributed by atoms with Gasteiger partial charge in [-0.2, -0.15) is 0 Å². The molecule has 0 unspecified atom stereocenters. The predicted molar refractivity (Wildman–Crippen MR) is 105 cm³/mol. The summed E-state index contributed by atoms with van der Waals surface area (Å²) in [5.41, 5.74) is 2.79. The zero-order valence-corrected chi connectivity index (χ0v) is 16.2. The molecule has 7 nitrogen and oxygen atoms in total. The zero-order valence-electron chi connectivity index (χ0n) is 16.2. The van der Waals surface area contributed by atoms with Crippen LogP contribution in [0.3, 0.4) is 0 Å². The van der Waals surface area contributed by atoms with Crippen molar-refractivity contribution in [3.8, 4) is 5.75 Å². The van der Waals surface area contributed by atoms with Crippen molar-refractivity contribution in [2.75, 3.05) is 25.1 Å². The minimum Gasteiger partial charge on any atom is -0.482 e. The number of ether oxygens (including phenoxy) is 2. The highest BCUT2D eigenvalue weighted by Gasteiger charge is 2.11. The molecule has 0 spiro atoms. The summed E-state index contributed by atoms with van der Waals surface area (Å²) in [7, 11) is 0. The van der Waals surface area contributed by atoms with Crippen molar-refractivity contribution in [2.45, 2.75) is 20.8 Å². The lowest BCUT2D eigenvalue weighted by molar-refractivity contribution is -0.149. The molecule has 148 valence electrons. The van der Waals surface area contributed by atoms with Gasteiger partial charge in [0.05, 0.1) is 0 Å². The molecular weight excluding hydrogens is 360 g/mol. The van der Waals surface area contributed by atoms with E-state index in [2.05, 4.69) is 10.6 Å². The van der Waals surface area contributed by atoms with E-state index < -0.39 is 18.5 Å². The lowest BCUT2D eigenvalue weighted by Crippen LogP contribution is -2.24. The number of benzene rings is 2. The monoisotopic (exact) mass is 384 g/mol. The van der Waals surface area contributed by atoms with Gasteiger partial charge in [0, 0.05) is 17.8 Å². The van der Waals surface area contributed by atoms with Crippen molar-refractivity contribution in [3.63, 3.8) is 0 Å². The second-order valence-corrected chi connectivity index (χ2v) is 6.21. The number of aryl methyl sites for hydroxylation is 2. The van der Waals surface area contributed by atoms with E-state index in [1.165, 1.54) is 0 Å². The lowest BCUT2D eigenvalue weighted by atomic mass is 10.1. The van der Waals surface area contributed by atoms with Gasteiger partial charge in [0.15, 0.2) is 13.2 Å². The van der Waals surface area contributed by atoms with Crippen molar-refractivity contribution in [1.82, 2.24) is 5.32 Å². The SMILES string of the molecule is CCNC(=O)c1cccc(NC(=O)COC(=O)COc2cc(C)ccc2C)c1. The standard InChI is InChI=1S/C21H24N2O5/c1-4-22-21(26)16-6-5-7-17(11-16)23-19(24)12-28-20(25)13-27-18-10-14(2)8-9-15(18)3/h5-11H,4,12-13H2,1-3H3,(H,22,26)(H,23,24). The third kappa shape index (κ3) is 6.42. The minimum absolute atomic E-state index is 0.228. The van der Waals surface area contributed by atoms with Gasteiger partial charge in [0.25, 0.3) is 11.8 Å². The molecular formula is C21H24N2O5. The smallest absolute Gasteiger partial charge is 0.344 e. The summed E-state index contributed by atoms with van der Waals surface area (Å²) < 4.78 is 10.4. The molecule has 28 heavy (non-hydrogen) atoms. The fourth-order valence-corrected chi connectivity index (χ4v) is 2.39. The van der Waals surface area contributed by atoms with Crippen molar-refractivity contribution in [3.05, 3.63) is 59.2 Å². The highest BCUT2D eigenvalue weighted by Crippen LogP contribution is 2.19. The third-order valence-corrected chi connectivity index (χ3v) is 3.80. The number of nitrogens with one attached hydrogen (secondary N) is 2. The summed E-state index contributed by atoms with van der Waals surface area (Å²) >= 11 is 0. The molecule has 0 aromatic heterocycles. The van der Waals surface area contributed by atoms with Crippen LogP contribution in [0.1, 0.15) is 28.4 Å². The first kappa shape index (κ1) is 21.0. The Morgan fingerprint density at radius 1 is 1.00 bits per heavy atom. The highest BCUT2D eigenvalue weighted by molar-refractivity contribution is 5.97. The van der Waals surface area contributed by atoms with Crippen molar-refractivity contribution in [2.24, 2.45) is 0 Å². The van der Waals surface area contributed by atoms with Gasteiger partial charge in [-0.3, -0.25) is 9.59 Å². The molecule has 0 radical (unpaired) electrons. The van der Waals surface area contributed by atoms with Crippen LogP contribution in [0.25, 0.3) is 0 Å². The van der Waals surface area contributed by atoms with Gasteiger partial charge in [0.1, 0.15) is 5.75 Å². The molecule has 7 heteroatoms. The number of carbonyl (C=O) groups excluding carboxylic acids is 3. The molecule has 0 aliphatic carbocycles. The molecule has 0 fully saturated rings. The van der Waals surface area contributed by atoms with Gasteiger partial charge in [-0.1, -0.05) is 18.2 Å². The van der Waals surface area contributed by atoms with Crippen molar-refractivity contribution >= 4 is 23.5 Å². The van der Waals surface area contributed by atoms with Gasteiger partial charge >= 0.3 is 5.97 Å². The maximum absolute atomic E-state index is 12.0. The predicted octanol–water partition coefficient (Wildman–Crippen LogP) is 2.61. The van der Waals surface area contributed by atoms with Gasteiger partial charge in [-0.15, -0.1) is 0 Å². The van der Waals surface area contributed by atoms with Crippen LogP contribution < -0.4 is 15.4 Å². The largest absolute Gasteiger partial charge is 0.482 e. The average molecular weight is 384 g/mol. The normalized spacial score (nSPS) is 10.1. The van der Waals surface area contributed by atoms with E-state index >= 15 is 0 Å². The van der Waals surface area contributed by atoms with Crippen LogP contribution in [0, 0.1) is 13.8 Å². The Labute approximate surface area is 164 Å². The van der Waals surface area contributed by atoms with E-state index in [4.69, 9.17) is 9.47 Å². The van der Waals surface area contributed by atoms with Gasteiger partial charge in [-0.25, -0.2) is 4.79 Å². The first-order valence-electron chi connectivity index (χ1n) is 8.93. The minimum atomic E-state index is -0.646. The van der Waals surface area contributed by atoms with E-state index in [9.17, 15) is 14.4 Å². The van der Waals surface area contributed by atoms with Crippen LogP contribution in [-0.4, -0.2) is 37.5 Å². The van der Waals surface area contributed by atoms with Crippen LogP contribution in [0.2, 0.25) is 0 Å². The lowest BCUT2D eigenvalue weighted by Gasteiger charge is -2.10. The molecule has 2 aromatic rings. The van der Waals surface area contributed by atoms with Crippen molar-refractivity contribution in [1.29, 1.82) is 0 Å². The molecule has 0 saturated heterocycles. The molecule has 0 saturated carbocycles. The van der Waals surface area contributed by atoms with E-state index in [1.54, 1.807) is 24.3 Å². The first-order chi connectivity index (χ1) is 13.4. The number of hydrogen-bond donors (Lipinski definition) is 2. The van der Waals surface area contributed by atoms with E-state index in [1.807, 2.05) is 39.0 Å². The fraction of sp³-hybridized carbons (Fsp3) is 0.286. The Hall–Kier alpha value is -3.35. The topological polar surface area (TPSA) is 93.7 Å². The van der Waals surface area contributed by atoms with Crippen LogP contribution in [0.5, 0.6) is 5.75 Å². The third-order valence-electron chi connectivity index (χ3n) is 3.80. The maximum Gasteiger partial charge on any atom is 0.344 e. The Morgan fingerprint density at radius 2 is 1.79 bits per heavy atom. The fourth-order valence-electron chi connectivity index (χ4n) is 2.39. The molecule has 2 N–H and O–H groups in total. The molecule has 2 rings (SSSR count). The van der Waals surface area contributed by atoms with E-state index in [-0.39, 0.29) is 12.5 Å². The number of esters is 1. The summed E-state index contributed by atoms with van der Waals surface area (Å²) in [6, 6.07) is 12.2. The summed E-state index contributed by atoms with van der Waals surface area (Å²) in [6.45, 7) is 5.40. The molecule has 2 amide bonds. The number of hydrogen-bond acceptors (Lipinski definition) is 5.